The quantitative estimate of drug-likeness (QED) is 0.706. The van der Waals surface area contributed by atoms with Crippen molar-refractivity contribution >= 4 is 12.2 Å². The van der Waals surface area contributed by atoms with Gasteiger partial charge in [0, 0.05) is 49.9 Å². The smallest absolute Gasteiger partial charge is 0.0701 e. The van der Waals surface area contributed by atoms with Gasteiger partial charge in [-0.3, -0.25) is 4.98 Å². The minimum atomic E-state index is 0. The van der Waals surface area contributed by atoms with E-state index in [0.29, 0.717) is 0 Å². The van der Waals surface area contributed by atoms with E-state index in [1.807, 2.05) is 6.20 Å². The van der Waals surface area contributed by atoms with Gasteiger partial charge in [-0.15, -0.1) is 0 Å². The van der Waals surface area contributed by atoms with Gasteiger partial charge in [0.25, 0.3) is 0 Å². The fourth-order valence-corrected chi connectivity index (χ4v) is 1.59. The van der Waals surface area contributed by atoms with Gasteiger partial charge in [0.2, 0.25) is 0 Å². The number of nitrogens with zero attached hydrogens (tertiary/aromatic N) is 1. The van der Waals surface area contributed by atoms with Crippen LogP contribution in [0.3, 0.4) is 0 Å². The third-order valence-corrected chi connectivity index (χ3v) is 2.59. The van der Waals surface area contributed by atoms with E-state index in [-0.39, 0.29) is 38.1 Å². The predicted octanol–water partition coefficient (Wildman–Crippen LogP) is 3.45. The molecule has 0 atom stereocenters. The Kier molecular flexibility index (Phi) is 4.02. The molecule has 0 saturated carbocycles. The number of fused-ring (bicyclic) bond motifs is 1. The van der Waals surface area contributed by atoms with Gasteiger partial charge in [-0.25, -0.2) is 0 Å². The molecule has 1 nitrogen and oxygen atoms in total. The molecule has 1 aliphatic carbocycles. The molecule has 75 valence electrons. The summed E-state index contributed by atoms with van der Waals surface area (Å²) in [6.45, 7) is 6.51. The summed E-state index contributed by atoms with van der Waals surface area (Å²) in [4.78, 5) is 4.37. The maximum atomic E-state index is 4.37. The molecule has 0 aromatic carbocycles. The van der Waals surface area contributed by atoms with Crippen LogP contribution in [0.5, 0.6) is 0 Å². The van der Waals surface area contributed by atoms with Crippen LogP contribution < -0.4 is 0 Å². The summed E-state index contributed by atoms with van der Waals surface area (Å²) in [7, 11) is 0. The number of aryl methyl sites for hydroxylation is 1. The van der Waals surface area contributed by atoms with Crippen LogP contribution in [-0.4, -0.2) is 4.98 Å². The van der Waals surface area contributed by atoms with E-state index in [1.54, 1.807) is 0 Å². The zero-order chi connectivity index (χ0) is 10.2. The molecule has 1 aromatic heterocycles. The molecular formula is C13H15NY. The predicted molar refractivity (Wildman–Crippen MR) is 60.8 cm³/mol. The third-order valence-electron chi connectivity index (χ3n) is 2.59. The van der Waals surface area contributed by atoms with Gasteiger partial charge in [-0.2, -0.15) is 0 Å². The summed E-state index contributed by atoms with van der Waals surface area (Å²) >= 11 is 0. The molecule has 2 heteroatoms. The van der Waals surface area contributed by atoms with E-state index in [9.17, 15) is 0 Å². The number of aromatic nitrogens is 1. The van der Waals surface area contributed by atoms with Gasteiger partial charge < -0.3 is 0 Å². The van der Waals surface area contributed by atoms with Crippen molar-refractivity contribution in [1.82, 2.24) is 4.98 Å². The topological polar surface area (TPSA) is 12.9 Å². The van der Waals surface area contributed by atoms with Gasteiger partial charge in [0.05, 0.1) is 5.69 Å². The number of hydrogen-bond acceptors (Lipinski definition) is 1. The maximum absolute atomic E-state index is 4.37. The van der Waals surface area contributed by atoms with E-state index >= 15 is 0 Å². The number of rotatable bonds is 0. The third kappa shape index (κ3) is 2.86. The Hall–Kier alpha value is -0.266. The first-order valence-electron chi connectivity index (χ1n) is 4.93. The summed E-state index contributed by atoms with van der Waals surface area (Å²) < 4.78 is 0. The van der Waals surface area contributed by atoms with Crippen LogP contribution in [-0.2, 0) is 32.7 Å². The Morgan fingerprint density at radius 2 is 1.80 bits per heavy atom. The van der Waals surface area contributed by atoms with Crippen molar-refractivity contribution in [2.24, 2.45) is 5.41 Å². The average Bonchev–Trinajstić information content (AvgIpc) is 2.27. The molecule has 0 bridgehead atoms. The van der Waals surface area contributed by atoms with Crippen LogP contribution in [0.1, 0.15) is 30.7 Å². The van der Waals surface area contributed by atoms with E-state index in [2.05, 4.69) is 56.1 Å². The molecule has 1 radical (unpaired) electrons. The monoisotopic (exact) mass is 274 g/mol. The SMILES string of the molecule is Cc1ccnc2c1C=CC(C)(C)C=C2.[Y]. The van der Waals surface area contributed by atoms with Crippen molar-refractivity contribution in [3.63, 3.8) is 0 Å². The standard InChI is InChI=1S/C13H15N.Y/c1-10-6-9-14-12-5-8-13(2,3)7-4-11(10)12;/h4-9H,1-3H3;. The Labute approximate surface area is 117 Å². The Morgan fingerprint density at radius 3 is 2.53 bits per heavy atom. The Morgan fingerprint density at radius 1 is 1.13 bits per heavy atom. The fourth-order valence-electron chi connectivity index (χ4n) is 1.59. The molecular weight excluding hydrogens is 259 g/mol. The molecule has 1 heterocycles. The normalized spacial score (nSPS) is 16.5. The fraction of sp³-hybridized carbons (Fsp3) is 0.308. The molecule has 0 amide bonds. The molecule has 0 spiro atoms. The maximum Gasteiger partial charge on any atom is 0.0701 e. The van der Waals surface area contributed by atoms with Crippen LogP contribution in [0.15, 0.2) is 24.4 Å². The largest absolute Gasteiger partial charge is 0.256 e. The van der Waals surface area contributed by atoms with Crippen LogP contribution in [0.25, 0.3) is 12.2 Å². The molecule has 1 aromatic rings. The van der Waals surface area contributed by atoms with Gasteiger partial charge in [0.1, 0.15) is 0 Å². The van der Waals surface area contributed by atoms with Gasteiger partial charge in [0.15, 0.2) is 0 Å². The molecule has 0 fully saturated rings. The summed E-state index contributed by atoms with van der Waals surface area (Å²) in [5, 5.41) is 0. The molecule has 0 unspecified atom stereocenters. The van der Waals surface area contributed by atoms with Crippen molar-refractivity contribution in [1.29, 1.82) is 0 Å². The first kappa shape index (κ1) is 12.8. The second-order valence-electron chi connectivity index (χ2n) is 4.41. The second kappa shape index (κ2) is 4.71. The molecule has 0 N–H and O–H groups in total. The molecule has 0 aliphatic heterocycles. The second-order valence-corrected chi connectivity index (χ2v) is 4.41. The molecule has 0 saturated heterocycles. The summed E-state index contributed by atoms with van der Waals surface area (Å²) in [6, 6.07) is 2.05. The van der Waals surface area contributed by atoms with Crippen LogP contribution in [0, 0.1) is 12.3 Å². The van der Waals surface area contributed by atoms with Crippen molar-refractivity contribution < 1.29 is 32.7 Å². The van der Waals surface area contributed by atoms with Crippen LogP contribution in [0.4, 0.5) is 0 Å². The van der Waals surface area contributed by atoms with Gasteiger partial charge in [-0.1, -0.05) is 32.1 Å². The molecule has 1 aliphatic rings. The molecule has 15 heavy (non-hydrogen) atoms. The zero-order valence-corrected chi connectivity index (χ0v) is 12.3. The number of hydrogen-bond donors (Lipinski definition) is 0. The van der Waals surface area contributed by atoms with E-state index in [1.165, 1.54) is 11.1 Å². The Balaban J connectivity index is 0.00000112. The van der Waals surface area contributed by atoms with Crippen LogP contribution >= 0.6 is 0 Å². The minimum absolute atomic E-state index is 0. The van der Waals surface area contributed by atoms with Crippen molar-refractivity contribution in [3.8, 4) is 0 Å². The molecule has 2 rings (SSSR count). The summed E-state index contributed by atoms with van der Waals surface area (Å²) in [6.07, 6.45) is 10.6. The van der Waals surface area contributed by atoms with E-state index in [4.69, 9.17) is 0 Å². The first-order chi connectivity index (χ1) is 6.58. The number of allylic oxidation sites excluding steroid dienone is 2. The van der Waals surface area contributed by atoms with Crippen molar-refractivity contribution in [2.75, 3.05) is 0 Å². The Bertz CT molecular complexity index is 417. The first-order valence-corrected chi connectivity index (χ1v) is 4.93. The summed E-state index contributed by atoms with van der Waals surface area (Å²) in [5.41, 5.74) is 3.74. The zero-order valence-electron chi connectivity index (χ0n) is 9.49. The van der Waals surface area contributed by atoms with E-state index < -0.39 is 0 Å². The average molecular weight is 274 g/mol. The minimum Gasteiger partial charge on any atom is -0.256 e. The van der Waals surface area contributed by atoms with Gasteiger partial charge in [-0.05, 0) is 24.6 Å². The van der Waals surface area contributed by atoms with Gasteiger partial charge >= 0.3 is 0 Å². The number of pyridine rings is 1. The van der Waals surface area contributed by atoms with Crippen molar-refractivity contribution in [3.05, 3.63) is 41.2 Å². The van der Waals surface area contributed by atoms with Crippen LogP contribution in [0.2, 0.25) is 0 Å². The van der Waals surface area contributed by atoms with Crippen molar-refractivity contribution in [2.45, 2.75) is 20.8 Å². The summed E-state index contributed by atoms with van der Waals surface area (Å²) in [5.74, 6) is 0. The van der Waals surface area contributed by atoms with E-state index in [0.717, 1.165) is 5.69 Å².